The number of hydrogen-bond acceptors (Lipinski definition) is 3. The third kappa shape index (κ3) is 3.72. The lowest BCUT2D eigenvalue weighted by Gasteiger charge is -2.13. The van der Waals surface area contributed by atoms with E-state index in [4.69, 9.17) is 0 Å². The highest BCUT2D eigenvalue weighted by Crippen LogP contribution is 2.22. The van der Waals surface area contributed by atoms with Crippen molar-refractivity contribution in [2.45, 2.75) is 33.4 Å². The lowest BCUT2D eigenvalue weighted by Crippen LogP contribution is -2.27. The summed E-state index contributed by atoms with van der Waals surface area (Å²) in [4.78, 5) is 0. The molecule has 0 spiro atoms. The van der Waals surface area contributed by atoms with Gasteiger partial charge in [0.25, 0.3) is 0 Å². The Hall–Kier alpha value is -0.670. The first-order chi connectivity index (χ1) is 7.54. The molecule has 0 saturated carbocycles. The third-order valence-corrected chi connectivity index (χ3v) is 3.46. The van der Waals surface area contributed by atoms with Crippen molar-refractivity contribution in [1.29, 1.82) is 0 Å². The summed E-state index contributed by atoms with van der Waals surface area (Å²) in [5.74, 6) is 1.54. The Morgan fingerprint density at radius 1 is 1.31 bits per heavy atom. The standard InChI is InChI=1S/C13H21NOS/c1-9-5-12(6-10(2)13(9)15)7-14-11(3)8-16-4/h5-6,11,14-15H,7-8H2,1-4H3. The molecule has 0 aliphatic rings. The fourth-order valence-corrected chi connectivity index (χ4v) is 2.37. The Morgan fingerprint density at radius 3 is 2.38 bits per heavy atom. The van der Waals surface area contributed by atoms with Gasteiger partial charge in [0.2, 0.25) is 0 Å². The van der Waals surface area contributed by atoms with Crippen molar-refractivity contribution < 1.29 is 5.11 Å². The minimum Gasteiger partial charge on any atom is -0.507 e. The van der Waals surface area contributed by atoms with Crippen LogP contribution in [0.5, 0.6) is 5.75 Å². The van der Waals surface area contributed by atoms with Crippen LogP contribution in [0.25, 0.3) is 0 Å². The van der Waals surface area contributed by atoms with Crippen LogP contribution in [0.1, 0.15) is 23.6 Å². The van der Waals surface area contributed by atoms with E-state index in [1.165, 1.54) is 5.56 Å². The van der Waals surface area contributed by atoms with E-state index >= 15 is 0 Å². The maximum Gasteiger partial charge on any atom is 0.121 e. The lowest BCUT2D eigenvalue weighted by molar-refractivity contribution is 0.466. The number of rotatable bonds is 5. The molecule has 90 valence electrons. The molecule has 1 rings (SSSR count). The van der Waals surface area contributed by atoms with E-state index in [0.29, 0.717) is 11.8 Å². The number of nitrogens with one attached hydrogen (secondary N) is 1. The van der Waals surface area contributed by atoms with Crippen molar-refractivity contribution in [3.05, 3.63) is 28.8 Å². The van der Waals surface area contributed by atoms with Crippen molar-refractivity contribution in [3.63, 3.8) is 0 Å². The van der Waals surface area contributed by atoms with Gasteiger partial charge in [0.1, 0.15) is 5.75 Å². The molecule has 2 nitrogen and oxygen atoms in total. The molecule has 1 atom stereocenters. The molecule has 0 saturated heterocycles. The molecule has 2 N–H and O–H groups in total. The van der Waals surface area contributed by atoms with Crippen LogP contribution in [0.4, 0.5) is 0 Å². The number of hydrogen-bond donors (Lipinski definition) is 2. The normalized spacial score (nSPS) is 12.8. The Labute approximate surface area is 102 Å². The smallest absolute Gasteiger partial charge is 0.121 e. The minimum atomic E-state index is 0.418. The van der Waals surface area contributed by atoms with Crippen LogP contribution >= 0.6 is 11.8 Å². The monoisotopic (exact) mass is 239 g/mol. The van der Waals surface area contributed by atoms with Crippen molar-refractivity contribution in [3.8, 4) is 5.75 Å². The van der Waals surface area contributed by atoms with E-state index in [-0.39, 0.29) is 0 Å². The molecule has 0 aliphatic heterocycles. The topological polar surface area (TPSA) is 32.3 Å². The van der Waals surface area contributed by atoms with Gasteiger partial charge >= 0.3 is 0 Å². The van der Waals surface area contributed by atoms with Crippen LogP contribution in [0, 0.1) is 13.8 Å². The molecule has 0 bridgehead atoms. The van der Waals surface area contributed by atoms with Crippen LogP contribution in [0.15, 0.2) is 12.1 Å². The Morgan fingerprint density at radius 2 is 1.88 bits per heavy atom. The van der Waals surface area contributed by atoms with Gasteiger partial charge in [-0.3, -0.25) is 0 Å². The summed E-state index contributed by atoms with van der Waals surface area (Å²) in [6.45, 7) is 6.94. The second-order valence-corrected chi connectivity index (χ2v) is 5.23. The number of aryl methyl sites for hydroxylation is 2. The zero-order chi connectivity index (χ0) is 12.1. The molecule has 0 fully saturated rings. The van der Waals surface area contributed by atoms with Crippen LogP contribution in [-0.2, 0) is 6.54 Å². The highest BCUT2D eigenvalue weighted by molar-refractivity contribution is 7.98. The predicted molar refractivity (Wildman–Crippen MR) is 72.3 cm³/mol. The summed E-state index contributed by atoms with van der Waals surface area (Å²) in [5.41, 5.74) is 3.14. The molecule has 1 unspecified atom stereocenters. The first-order valence-electron chi connectivity index (χ1n) is 5.56. The molecule has 0 aromatic heterocycles. The van der Waals surface area contributed by atoms with Gasteiger partial charge in [0.05, 0.1) is 0 Å². The molecule has 0 aliphatic carbocycles. The number of benzene rings is 1. The summed E-state index contributed by atoms with van der Waals surface area (Å²) in [5, 5.41) is 13.1. The molecule has 3 heteroatoms. The number of thioether (sulfide) groups is 1. The molecule has 1 aromatic carbocycles. The number of aromatic hydroxyl groups is 1. The summed E-state index contributed by atoms with van der Waals surface area (Å²) in [6, 6.07) is 4.60. The molecule has 0 radical (unpaired) electrons. The minimum absolute atomic E-state index is 0.418. The van der Waals surface area contributed by atoms with E-state index in [1.807, 2.05) is 37.7 Å². The quantitative estimate of drug-likeness (QED) is 0.828. The van der Waals surface area contributed by atoms with Gasteiger partial charge in [0.15, 0.2) is 0 Å². The number of phenols is 1. The van der Waals surface area contributed by atoms with Gasteiger partial charge in [-0.25, -0.2) is 0 Å². The average molecular weight is 239 g/mol. The highest BCUT2D eigenvalue weighted by atomic mass is 32.2. The van der Waals surface area contributed by atoms with Gasteiger partial charge < -0.3 is 10.4 Å². The molecule has 0 amide bonds. The van der Waals surface area contributed by atoms with Crippen molar-refractivity contribution in [1.82, 2.24) is 5.32 Å². The van der Waals surface area contributed by atoms with Crippen LogP contribution in [-0.4, -0.2) is 23.2 Å². The first kappa shape index (κ1) is 13.4. The predicted octanol–water partition coefficient (Wildman–Crippen LogP) is 2.85. The Kier molecular flexibility index (Phi) is 5.16. The summed E-state index contributed by atoms with van der Waals surface area (Å²) in [6.07, 6.45) is 2.12. The summed E-state index contributed by atoms with van der Waals surface area (Å²) in [7, 11) is 0. The SMILES string of the molecule is CSCC(C)NCc1cc(C)c(O)c(C)c1. The van der Waals surface area contributed by atoms with Gasteiger partial charge in [0, 0.05) is 18.3 Å². The van der Waals surface area contributed by atoms with Crippen molar-refractivity contribution >= 4 is 11.8 Å². The van der Waals surface area contributed by atoms with E-state index in [1.54, 1.807) is 0 Å². The van der Waals surface area contributed by atoms with Crippen LogP contribution in [0.2, 0.25) is 0 Å². The zero-order valence-corrected chi connectivity index (χ0v) is 11.3. The fraction of sp³-hybridized carbons (Fsp3) is 0.538. The molecular weight excluding hydrogens is 218 g/mol. The third-order valence-electron chi connectivity index (χ3n) is 2.62. The van der Waals surface area contributed by atoms with E-state index in [9.17, 15) is 5.11 Å². The highest BCUT2D eigenvalue weighted by Gasteiger charge is 2.05. The van der Waals surface area contributed by atoms with Crippen LogP contribution in [0.3, 0.4) is 0 Å². The van der Waals surface area contributed by atoms with E-state index in [0.717, 1.165) is 23.4 Å². The van der Waals surface area contributed by atoms with E-state index in [2.05, 4.69) is 18.5 Å². The molecular formula is C13H21NOS. The summed E-state index contributed by atoms with van der Waals surface area (Å²) < 4.78 is 0. The summed E-state index contributed by atoms with van der Waals surface area (Å²) >= 11 is 1.85. The second-order valence-electron chi connectivity index (χ2n) is 4.32. The Bertz CT molecular complexity index is 329. The molecule has 1 aromatic rings. The van der Waals surface area contributed by atoms with Gasteiger partial charge in [-0.15, -0.1) is 0 Å². The number of phenolic OH excluding ortho intramolecular Hbond substituents is 1. The van der Waals surface area contributed by atoms with Crippen molar-refractivity contribution in [2.24, 2.45) is 0 Å². The van der Waals surface area contributed by atoms with E-state index < -0.39 is 0 Å². The van der Waals surface area contributed by atoms with Crippen LogP contribution < -0.4 is 5.32 Å². The first-order valence-corrected chi connectivity index (χ1v) is 6.95. The largest absolute Gasteiger partial charge is 0.507 e. The van der Waals surface area contributed by atoms with Gasteiger partial charge in [-0.1, -0.05) is 12.1 Å². The molecule has 16 heavy (non-hydrogen) atoms. The van der Waals surface area contributed by atoms with Gasteiger partial charge in [-0.2, -0.15) is 11.8 Å². The second kappa shape index (κ2) is 6.16. The lowest BCUT2D eigenvalue weighted by atomic mass is 10.1. The Balaban J connectivity index is 2.61. The maximum absolute atomic E-state index is 9.67. The fourth-order valence-electron chi connectivity index (χ4n) is 1.75. The zero-order valence-electron chi connectivity index (χ0n) is 10.5. The van der Waals surface area contributed by atoms with Gasteiger partial charge in [-0.05, 0) is 43.7 Å². The average Bonchev–Trinajstić information content (AvgIpc) is 2.23. The molecule has 0 heterocycles. The van der Waals surface area contributed by atoms with Crippen molar-refractivity contribution in [2.75, 3.05) is 12.0 Å². The maximum atomic E-state index is 9.67.